The summed E-state index contributed by atoms with van der Waals surface area (Å²) in [5.41, 5.74) is -0.268. The molecule has 0 saturated heterocycles. The van der Waals surface area contributed by atoms with Crippen molar-refractivity contribution < 1.29 is 11.0 Å². The highest BCUT2D eigenvalue weighted by Gasteiger charge is 2.12. The van der Waals surface area contributed by atoms with E-state index >= 15 is 0 Å². The zero-order valence-electron chi connectivity index (χ0n) is 16.0. The summed E-state index contributed by atoms with van der Waals surface area (Å²) < 4.78 is 3.45. The summed E-state index contributed by atoms with van der Waals surface area (Å²) in [6, 6.07) is 0. The zero-order chi connectivity index (χ0) is 17.7. The first-order valence-electron chi connectivity index (χ1n) is 8.72. The van der Waals surface area contributed by atoms with Crippen molar-refractivity contribution in [3.63, 3.8) is 0 Å². The average molecular weight is 372 g/mol. The van der Waals surface area contributed by atoms with E-state index in [1.807, 2.05) is 27.7 Å². The maximum Gasteiger partial charge on any atom is 0.343 e. The minimum atomic E-state index is -0.134. The van der Waals surface area contributed by atoms with Gasteiger partial charge >= 0.3 is 11.4 Å². The molecule has 2 aromatic heterocycles. The molecule has 0 aromatic carbocycles. The summed E-state index contributed by atoms with van der Waals surface area (Å²) >= 11 is 0. The van der Waals surface area contributed by atoms with Crippen molar-refractivity contribution in [3.05, 3.63) is 32.6 Å². The number of hydrogen-bond donors (Lipinski definition) is 2. The first kappa shape index (κ1) is 23.8. The quantitative estimate of drug-likeness (QED) is 0.605. The van der Waals surface area contributed by atoms with Crippen LogP contribution in [0.15, 0.2) is 9.59 Å². The molecule has 0 unspecified atom stereocenters. The molecule has 2 aromatic rings. The fourth-order valence-electron chi connectivity index (χ4n) is 2.87. The fourth-order valence-corrected chi connectivity index (χ4v) is 2.87. The van der Waals surface area contributed by atoms with Gasteiger partial charge in [-0.15, -0.1) is 0 Å². The number of rotatable bonds is 9. The minimum absolute atomic E-state index is 0. The highest BCUT2D eigenvalue weighted by atomic mass is 16.2. The second kappa shape index (κ2) is 10.7. The first-order chi connectivity index (χ1) is 11.4. The van der Waals surface area contributed by atoms with E-state index in [4.69, 9.17) is 0 Å². The van der Waals surface area contributed by atoms with Gasteiger partial charge in [-0.05, 0) is 12.8 Å². The van der Waals surface area contributed by atoms with E-state index in [-0.39, 0.29) is 34.2 Å². The Labute approximate surface area is 152 Å². The van der Waals surface area contributed by atoms with Crippen LogP contribution in [0.1, 0.15) is 76.9 Å². The largest absolute Gasteiger partial charge is 0.412 e. The summed E-state index contributed by atoms with van der Waals surface area (Å²) in [5.74, 6) is 2.08. The van der Waals surface area contributed by atoms with Gasteiger partial charge in [-0.3, -0.25) is 9.13 Å². The Morgan fingerprint density at radius 3 is 1.38 bits per heavy atom. The number of aromatic amines is 2. The number of nitrogens with one attached hydrogen (secondary N) is 2. The summed E-state index contributed by atoms with van der Waals surface area (Å²) in [7, 11) is 0. The Balaban J connectivity index is 0.00000312. The van der Waals surface area contributed by atoms with E-state index in [1.165, 1.54) is 0 Å². The Kier molecular flexibility index (Phi) is 9.81. The molecule has 0 amide bonds. The van der Waals surface area contributed by atoms with Crippen molar-refractivity contribution >= 4 is 0 Å². The van der Waals surface area contributed by atoms with E-state index in [9.17, 15) is 9.59 Å². The van der Waals surface area contributed by atoms with Crippen LogP contribution in [-0.2, 0) is 13.1 Å². The summed E-state index contributed by atoms with van der Waals surface area (Å²) in [5, 5.41) is 13.2. The predicted octanol–water partition coefficient (Wildman–Crippen LogP) is 0.314. The Bertz CT molecular complexity index is 691. The van der Waals surface area contributed by atoms with Gasteiger partial charge < -0.3 is 11.0 Å². The lowest BCUT2D eigenvalue weighted by Gasteiger charge is -2.09. The SMILES string of the molecule is CC(C)c1n[nH]c(=O)n1CCCCCCn1c(C(C)C)n[nH]c1=O.O.O. The maximum absolute atomic E-state index is 11.8. The van der Waals surface area contributed by atoms with Crippen molar-refractivity contribution in [2.75, 3.05) is 0 Å². The van der Waals surface area contributed by atoms with Crippen molar-refractivity contribution in [1.29, 1.82) is 0 Å². The number of H-pyrrole nitrogens is 2. The molecule has 0 radical (unpaired) electrons. The standard InChI is InChI=1S/C16H28N6O2.2H2O/c1-11(2)13-17-19-15(23)21(13)9-7-5-6-8-10-22-14(12(3)4)18-20-16(22)24;;/h11-12H,5-10H2,1-4H3,(H,19,23)(H,20,24);2*1H2. The molecular weight excluding hydrogens is 340 g/mol. The first-order valence-corrected chi connectivity index (χ1v) is 8.72. The van der Waals surface area contributed by atoms with Crippen LogP contribution in [0.4, 0.5) is 0 Å². The van der Waals surface area contributed by atoms with Crippen LogP contribution in [0, 0.1) is 0 Å². The number of aromatic nitrogens is 6. The maximum atomic E-state index is 11.8. The van der Waals surface area contributed by atoms with Gasteiger partial charge in [0.05, 0.1) is 0 Å². The van der Waals surface area contributed by atoms with Gasteiger partial charge in [-0.25, -0.2) is 19.8 Å². The van der Waals surface area contributed by atoms with E-state index in [1.54, 1.807) is 9.13 Å². The lowest BCUT2D eigenvalue weighted by atomic mass is 10.1. The molecule has 0 aliphatic rings. The molecule has 150 valence electrons. The third-order valence-corrected chi connectivity index (χ3v) is 4.12. The average Bonchev–Trinajstić information content (AvgIpc) is 3.06. The van der Waals surface area contributed by atoms with Gasteiger partial charge in [-0.2, -0.15) is 10.2 Å². The highest BCUT2D eigenvalue weighted by Crippen LogP contribution is 2.12. The van der Waals surface area contributed by atoms with Crippen LogP contribution in [0.25, 0.3) is 0 Å². The van der Waals surface area contributed by atoms with Crippen molar-refractivity contribution in [1.82, 2.24) is 29.5 Å². The fraction of sp³-hybridized carbons (Fsp3) is 0.750. The lowest BCUT2D eigenvalue weighted by molar-refractivity contribution is 0.506. The highest BCUT2D eigenvalue weighted by molar-refractivity contribution is 4.93. The number of nitrogens with zero attached hydrogens (tertiary/aromatic N) is 4. The van der Waals surface area contributed by atoms with E-state index < -0.39 is 0 Å². The van der Waals surface area contributed by atoms with Crippen LogP contribution >= 0.6 is 0 Å². The topological polar surface area (TPSA) is 164 Å². The van der Waals surface area contributed by atoms with Gasteiger partial charge in [0.2, 0.25) is 0 Å². The summed E-state index contributed by atoms with van der Waals surface area (Å²) in [6.45, 7) is 9.49. The molecule has 0 fully saturated rings. The van der Waals surface area contributed by atoms with Gasteiger partial charge in [0.15, 0.2) is 0 Å². The van der Waals surface area contributed by atoms with Crippen LogP contribution in [0.3, 0.4) is 0 Å². The Morgan fingerprint density at radius 2 is 1.08 bits per heavy atom. The van der Waals surface area contributed by atoms with Crippen LogP contribution in [-0.4, -0.2) is 40.5 Å². The zero-order valence-corrected chi connectivity index (χ0v) is 16.0. The van der Waals surface area contributed by atoms with E-state index in [2.05, 4.69) is 20.4 Å². The van der Waals surface area contributed by atoms with Crippen molar-refractivity contribution in [2.45, 2.75) is 78.3 Å². The second-order valence-electron chi connectivity index (χ2n) is 6.80. The molecule has 0 atom stereocenters. The van der Waals surface area contributed by atoms with E-state index in [0.29, 0.717) is 13.1 Å². The van der Waals surface area contributed by atoms with Crippen molar-refractivity contribution in [3.8, 4) is 0 Å². The normalized spacial score (nSPS) is 10.8. The van der Waals surface area contributed by atoms with Gasteiger partial charge in [0.1, 0.15) is 11.6 Å². The van der Waals surface area contributed by atoms with Crippen LogP contribution < -0.4 is 11.4 Å². The Morgan fingerprint density at radius 1 is 0.731 bits per heavy atom. The molecule has 0 aliphatic heterocycles. The summed E-state index contributed by atoms with van der Waals surface area (Å²) in [6.07, 6.45) is 3.88. The molecule has 10 nitrogen and oxygen atoms in total. The predicted molar refractivity (Wildman–Crippen MR) is 99.6 cm³/mol. The molecule has 2 heterocycles. The molecule has 26 heavy (non-hydrogen) atoms. The second-order valence-corrected chi connectivity index (χ2v) is 6.80. The molecular formula is C16H32N6O4. The Hall–Kier alpha value is -2.20. The molecule has 0 bridgehead atoms. The van der Waals surface area contributed by atoms with Crippen LogP contribution in [0.5, 0.6) is 0 Å². The van der Waals surface area contributed by atoms with Gasteiger partial charge in [0, 0.05) is 24.9 Å². The lowest BCUT2D eigenvalue weighted by Crippen LogP contribution is -2.20. The molecule has 6 N–H and O–H groups in total. The molecule has 0 aliphatic carbocycles. The number of unbranched alkanes of at least 4 members (excludes halogenated alkanes) is 3. The third kappa shape index (κ3) is 5.67. The molecule has 2 rings (SSSR count). The smallest absolute Gasteiger partial charge is 0.343 e. The monoisotopic (exact) mass is 372 g/mol. The van der Waals surface area contributed by atoms with Crippen molar-refractivity contribution in [2.24, 2.45) is 0 Å². The van der Waals surface area contributed by atoms with Gasteiger partial charge in [0.25, 0.3) is 0 Å². The van der Waals surface area contributed by atoms with E-state index in [0.717, 1.165) is 37.3 Å². The molecule has 0 saturated carbocycles. The minimum Gasteiger partial charge on any atom is -0.412 e. The van der Waals surface area contributed by atoms with Gasteiger partial charge in [-0.1, -0.05) is 40.5 Å². The summed E-state index contributed by atoms with van der Waals surface area (Å²) in [4.78, 5) is 23.5. The number of hydrogen-bond acceptors (Lipinski definition) is 4. The molecule has 10 heteroatoms. The van der Waals surface area contributed by atoms with Crippen LogP contribution in [0.2, 0.25) is 0 Å². The molecule has 0 spiro atoms. The third-order valence-electron chi connectivity index (χ3n) is 4.12.